The van der Waals surface area contributed by atoms with Crippen molar-refractivity contribution in [1.82, 2.24) is 0 Å². The monoisotopic (exact) mass is 268 g/mol. The summed E-state index contributed by atoms with van der Waals surface area (Å²) in [6.45, 7) is -2.85. The molecule has 2 rings (SSSR count). The summed E-state index contributed by atoms with van der Waals surface area (Å²) in [7, 11) is 0. The summed E-state index contributed by atoms with van der Waals surface area (Å²) in [5.41, 5.74) is 1.45. The van der Waals surface area contributed by atoms with Gasteiger partial charge in [-0.15, -0.1) is 0 Å². The van der Waals surface area contributed by atoms with Gasteiger partial charge in [0.15, 0.2) is 5.78 Å². The van der Waals surface area contributed by atoms with Gasteiger partial charge < -0.3 is 4.74 Å². The minimum atomic E-state index is -2.85. The number of hydrogen-bond acceptors (Lipinski definition) is 3. The topological polar surface area (TPSA) is 26.3 Å². The number of ketones is 1. The lowest BCUT2D eigenvalue weighted by Gasteiger charge is -2.05. The van der Waals surface area contributed by atoms with Crippen molar-refractivity contribution in [1.29, 1.82) is 0 Å². The van der Waals surface area contributed by atoms with Crippen LogP contribution >= 0.6 is 11.3 Å². The van der Waals surface area contributed by atoms with Crippen molar-refractivity contribution in [3.8, 4) is 5.75 Å². The Bertz CT molecular complexity index is 506. The molecule has 2 aromatic rings. The molecule has 0 saturated carbocycles. The van der Waals surface area contributed by atoms with E-state index in [4.69, 9.17) is 0 Å². The molecule has 18 heavy (non-hydrogen) atoms. The van der Waals surface area contributed by atoms with Crippen molar-refractivity contribution in [2.45, 2.75) is 13.0 Å². The van der Waals surface area contributed by atoms with E-state index in [0.717, 1.165) is 5.56 Å². The normalized spacial score (nSPS) is 10.6. The molecule has 0 fully saturated rings. The molecule has 0 bridgehead atoms. The minimum absolute atomic E-state index is 0.0444. The van der Waals surface area contributed by atoms with Crippen molar-refractivity contribution >= 4 is 17.1 Å². The van der Waals surface area contributed by atoms with Crippen LogP contribution in [0.1, 0.15) is 15.9 Å². The maximum Gasteiger partial charge on any atom is 0.387 e. The van der Waals surface area contributed by atoms with E-state index in [1.165, 1.54) is 35.6 Å². The zero-order valence-electron chi connectivity index (χ0n) is 9.31. The van der Waals surface area contributed by atoms with Gasteiger partial charge in [-0.05, 0) is 46.7 Å². The molecule has 0 radical (unpaired) electrons. The molecule has 0 aliphatic carbocycles. The molecule has 2 nitrogen and oxygen atoms in total. The highest BCUT2D eigenvalue weighted by Gasteiger charge is 2.09. The number of carbonyl (C=O) groups is 1. The smallest absolute Gasteiger partial charge is 0.387 e. The van der Waals surface area contributed by atoms with Crippen LogP contribution in [0.4, 0.5) is 8.78 Å². The van der Waals surface area contributed by atoms with Crippen molar-refractivity contribution in [3.05, 3.63) is 52.2 Å². The summed E-state index contributed by atoms with van der Waals surface area (Å²) in [6.07, 6.45) is 0.318. The first-order valence-corrected chi connectivity index (χ1v) is 6.18. The molecule has 0 unspecified atom stereocenters. The average Bonchev–Trinajstić information content (AvgIpc) is 2.82. The fourth-order valence-corrected chi connectivity index (χ4v) is 2.17. The predicted molar refractivity (Wildman–Crippen MR) is 65.4 cm³/mol. The van der Waals surface area contributed by atoms with Gasteiger partial charge in [0.2, 0.25) is 0 Å². The molecule has 0 aliphatic heterocycles. The van der Waals surface area contributed by atoms with Gasteiger partial charge in [0, 0.05) is 12.0 Å². The second-order valence-electron chi connectivity index (χ2n) is 3.63. The van der Waals surface area contributed by atoms with Crippen molar-refractivity contribution in [3.63, 3.8) is 0 Å². The maximum atomic E-state index is 11.9. The highest BCUT2D eigenvalue weighted by Crippen LogP contribution is 2.17. The van der Waals surface area contributed by atoms with E-state index in [0.29, 0.717) is 12.0 Å². The van der Waals surface area contributed by atoms with E-state index >= 15 is 0 Å². The Kier molecular flexibility index (Phi) is 4.04. The van der Waals surface area contributed by atoms with Gasteiger partial charge in [-0.2, -0.15) is 20.1 Å². The number of ether oxygens (including phenoxy) is 1. The zero-order chi connectivity index (χ0) is 13.0. The maximum absolute atomic E-state index is 11.9. The lowest BCUT2D eigenvalue weighted by atomic mass is 10.1. The molecule has 0 atom stereocenters. The summed E-state index contributed by atoms with van der Waals surface area (Å²) in [5, 5.41) is 3.81. The van der Waals surface area contributed by atoms with Crippen molar-refractivity contribution in [2.75, 3.05) is 0 Å². The third-order valence-corrected chi connectivity index (χ3v) is 3.08. The van der Waals surface area contributed by atoms with E-state index in [2.05, 4.69) is 4.74 Å². The number of alkyl halides is 2. The van der Waals surface area contributed by atoms with Gasteiger partial charge in [0.25, 0.3) is 0 Å². The number of halogens is 2. The molecule has 0 aliphatic rings. The van der Waals surface area contributed by atoms with E-state index in [9.17, 15) is 13.6 Å². The lowest BCUT2D eigenvalue weighted by molar-refractivity contribution is -0.0498. The number of benzene rings is 1. The van der Waals surface area contributed by atoms with Gasteiger partial charge in [0.05, 0.1) is 0 Å². The van der Waals surface area contributed by atoms with Crippen LogP contribution in [0, 0.1) is 0 Å². The van der Waals surface area contributed by atoms with Crippen molar-refractivity contribution in [2.24, 2.45) is 0 Å². The highest BCUT2D eigenvalue weighted by molar-refractivity contribution is 7.08. The number of rotatable bonds is 5. The summed E-state index contributed by atoms with van der Waals surface area (Å²) in [6, 6.07) is 7.61. The lowest BCUT2D eigenvalue weighted by Crippen LogP contribution is -2.04. The summed E-state index contributed by atoms with van der Waals surface area (Å²) >= 11 is 1.53. The fourth-order valence-electron chi connectivity index (χ4n) is 1.50. The minimum Gasteiger partial charge on any atom is -0.435 e. The SMILES string of the molecule is O=C(Cc1ccsc1)c1ccc(OC(F)F)cc1. The van der Waals surface area contributed by atoms with Crippen molar-refractivity contribution < 1.29 is 18.3 Å². The second kappa shape index (κ2) is 5.73. The standard InChI is InChI=1S/C13H10F2O2S/c14-13(15)17-11-3-1-10(2-4-11)12(16)7-9-5-6-18-8-9/h1-6,8,13H,7H2. The second-order valence-corrected chi connectivity index (χ2v) is 4.41. The molecule has 1 aromatic heterocycles. The van der Waals surface area contributed by atoms with Crippen LogP contribution < -0.4 is 4.74 Å². The average molecular weight is 268 g/mol. The quantitative estimate of drug-likeness (QED) is 0.771. The molecule has 1 aromatic carbocycles. The Labute approximate surface area is 107 Å². The van der Waals surface area contributed by atoms with Gasteiger partial charge >= 0.3 is 6.61 Å². The molecule has 0 amide bonds. The van der Waals surface area contributed by atoms with E-state index in [1.54, 1.807) is 0 Å². The van der Waals surface area contributed by atoms with Crippen LogP contribution in [0.25, 0.3) is 0 Å². The van der Waals surface area contributed by atoms with Crippen LogP contribution in [0.5, 0.6) is 5.75 Å². The molecule has 1 heterocycles. The third-order valence-electron chi connectivity index (χ3n) is 2.35. The molecule has 0 saturated heterocycles. The van der Waals surface area contributed by atoms with E-state index in [1.807, 2.05) is 16.8 Å². The van der Waals surface area contributed by atoms with Crippen LogP contribution in [-0.2, 0) is 6.42 Å². The van der Waals surface area contributed by atoms with Crippen LogP contribution in [0.15, 0.2) is 41.1 Å². The van der Waals surface area contributed by atoms with Gasteiger partial charge in [-0.25, -0.2) is 0 Å². The molecule has 5 heteroatoms. The molecular weight excluding hydrogens is 258 g/mol. The number of thiophene rings is 1. The molecule has 0 spiro atoms. The first-order valence-electron chi connectivity index (χ1n) is 5.24. The summed E-state index contributed by atoms with van der Waals surface area (Å²) in [5.74, 6) is 0.00841. The highest BCUT2D eigenvalue weighted by atomic mass is 32.1. The fraction of sp³-hybridized carbons (Fsp3) is 0.154. The Balaban J connectivity index is 2.03. The molecular formula is C13H10F2O2S. The predicted octanol–water partition coefficient (Wildman–Crippen LogP) is 3.77. The van der Waals surface area contributed by atoms with E-state index < -0.39 is 6.61 Å². The van der Waals surface area contributed by atoms with Gasteiger partial charge in [-0.1, -0.05) is 0 Å². The van der Waals surface area contributed by atoms with Crippen LogP contribution in [0.2, 0.25) is 0 Å². The van der Waals surface area contributed by atoms with Gasteiger partial charge in [-0.3, -0.25) is 4.79 Å². The van der Waals surface area contributed by atoms with Gasteiger partial charge in [0.1, 0.15) is 5.75 Å². The van der Waals surface area contributed by atoms with E-state index in [-0.39, 0.29) is 11.5 Å². The van der Waals surface area contributed by atoms with Crippen LogP contribution in [-0.4, -0.2) is 12.4 Å². The summed E-state index contributed by atoms with van der Waals surface area (Å²) < 4.78 is 28.1. The zero-order valence-corrected chi connectivity index (χ0v) is 10.1. The summed E-state index contributed by atoms with van der Waals surface area (Å²) in [4.78, 5) is 11.9. The number of Topliss-reactive ketones (excluding diaryl/α,β-unsaturated/α-hetero) is 1. The Morgan fingerprint density at radius 3 is 2.50 bits per heavy atom. The molecule has 94 valence electrons. The number of carbonyl (C=O) groups excluding carboxylic acids is 1. The Hall–Kier alpha value is -1.75. The Morgan fingerprint density at radius 2 is 1.94 bits per heavy atom. The first kappa shape index (κ1) is 12.7. The first-order chi connectivity index (χ1) is 8.65. The van der Waals surface area contributed by atoms with Crippen LogP contribution in [0.3, 0.4) is 0 Å². The largest absolute Gasteiger partial charge is 0.435 e. The Morgan fingerprint density at radius 1 is 1.22 bits per heavy atom. The third kappa shape index (κ3) is 3.37. The number of hydrogen-bond donors (Lipinski definition) is 0. The molecule has 0 N–H and O–H groups in total.